The Labute approximate surface area is 259 Å². The van der Waals surface area contributed by atoms with E-state index in [9.17, 15) is 27.2 Å². The molecular formula is C29H30F4N8O5. The molecule has 46 heavy (non-hydrogen) atoms. The number of carbonyl (C=O) groups is 3. The molecule has 4 aromatic rings. The van der Waals surface area contributed by atoms with E-state index in [1.807, 2.05) is 4.90 Å². The summed E-state index contributed by atoms with van der Waals surface area (Å²) in [6.07, 6.45) is -2.01. The lowest BCUT2D eigenvalue weighted by atomic mass is 10.1. The average molecular weight is 647 g/mol. The number of nitrogens with two attached hydrogens (primary N) is 2. The molecule has 1 saturated heterocycles. The molecule has 1 aliphatic rings. The van der Waals surface area contributed by atoms with Gasteiger partial charge in [-0.2, -0.15) is 18.3 Å². The van der Waals surface area contributed by atoms with Crippen molar-refractivity contribution in [3.8, 4) is 17.0 Å². The van der Waals surface area contributed by atoms with Crippen LogP contribution in [0, 0.1) is 5.82 Å². The number of nitrogens with one attached hydrogen (secondary N) is 1. The van der Waals surface area contributed by atoms with Crippen molar-refractivity contribution >= 4 is 40.3 Å². The smallest absolute Gasteiger partial charge is 0.416 e. The fourth-order valence-corrected chi connectivity index (χ4v) is 5.00. The summed E-state index contributed by atoms with van der Waals surface area (Å²) in [5.74, 6) is -3.10. The molecule has 0 atom stereocenters. The summed E-state index contributed by atoms with van der Waals surface area (Å²) in [6, 6.07) is 6.37. The van der Waals surface area contributed by atoms with Gasteiger partial charge in [-0.25, -0.2) is 19.0 Å². The van der Waals surface area contributed by atoms with E-state index in [1.165, 1.54) is 19.5 Å². The van der Waals surface area contributed by atoms with E-state index in [2.05, 4.69) is 15.3 Å². The molecule has 2 amide bonds. The van der Waals surface area contributed by atoms with E-state index in [4.69, 9.17) is 31.2 Å². The van der Waals surface area contributed by atoms with Gasteiger partial charge >= 0.3 is 6.18 Å². The third-order valence-electron chi connectivity index (χ3n) is 7.06. The summed E-state index contributed by atoms with van der Waals surface area (Å²) in [4.78, 5) is 43.6. The number of anilines is 2. The number of carbonyl (C=O) groups excluding carboxylic acids is 2. The minimum Gasteiger partial charge on any atom is -0.495 e. The van der Waals surface area contributed by atoms with Crippen LogP contribution in [0.25, 0.3) is 22.3 Å². The molecule has 1 aliphatic heterocycles. The normalized spacial score (nSPS) is 14.0. The number of nitrogens with zero attached hydrogens (tertiary/aromatic N) is 5. The topological polar surface area (TPSA) is 192 Å². The van der Waals surface area contributed by atoms with Gasteiger partial charge in [-0.15, -0.1) is 0 Å². The number of fused-ring (bicyclic) bond motifs is 1. The van der Waals surface area contributed by atoms with Crippen molar-refractivity contribution in [3.05, 3.63) is 59.7 Å². The van der Waals surface area contributed by atoms with Crippen LogP contribution in [0.15, 0.2) is 42.7 Å². The molecule has 17 heteroatoms. The first-order valence-electron chi connectivity index (χ1n) is 13.7. The highest BCUT2D eigenvalue weighted by Gasteiger charge is 2.32. The second-order valence-electron chi connectivity index (χ2n) is 10.3. The van der Waals surface area contributed by atoms with Gasteiger partial charge in [-0.1, -0.05) is 6.07 Å². The highest BCUT2D eigenvalue weighted by Crippen LogP contribution is 2.37. The Morgan fingerprint density at radius 3 is 2.37 bits per heavy atom. The van der Waals surface area contributed by atoms with Crippen molar-refractivity contribution < 1.29 is 41.8 Å². The maximum absolute atomic E-state index is 14.4. The van der Waals surface area contributed by atoms with Gasteiger partial charge in [0.25, 0.3) is 11.9 Å². The fourth-order valence-electron chi connectivity index (χ4n) is 5.00. The maximum Gasteiger partial charge on any atom is 0.416 e. The van der Waals surface area contributed by atoms with Gasteiger partial charge in [-0.05, 0) is 43.2 Å². The fraction of sp³-hybridized carbons (Fsp3) is 0.310. The van der Waals surface area contributed by atoms with Crippen LogP contribution in [0.5, 0.6) is 5.75 Å². The van der Waals surface area contributed by atoms with Crippen LogP contribution in [-0.2, 0) is 15.8 Å². The molecule has 244 valence electrons. The van der Waals surface area contributed by atoms with Crippen LogP contribution in [0.4, 0.5) is 29.1 Å². The number of hydrogen-bond acceptors (Lipinski definition) is 9. The summed E-state index contributed by atoms with van der Waals surface area (Å²) < 4.78 is 60.3. The number of rotatable bonds is 7. The molecule has 0 saturated carbocycles. The first-order chi connectivity index (χ1) is 21.7. The van der Waals surface area contributed by atoms with Crippen LogP contribution in [0.2, 0.25) is 0 Å². The van der Waals surface area contributed by atoms with Crippen molar-refractivity contribution in [2.75, 3.05) is 37.8 Å². The Morgan fingerprint density at radius 2 is 1.78 bits per heavy atom. The van der Waals surface area contributed by atoms with Crippen molar-refractivity contribution in [2.45, 2.75) is 32.0 Å². The monoisotopic (exact) mass is 646 g/mol. The molecule has 13 nitrogen and oxygen atoms in total. The highest BCUT2D eigenvalue weighted by atomic mass is 19.4. The molecule has 0 unspecified atom stereocenters. The zero-order valence-corrected chi connectivity index (χ0v) is 24.6. The van der Waals surface area contributed by atoms with E-state index in [-0.39, 0.29) is 41.8 Å². The van der Waals surface area contributed by atoms with Crippen LogP contribution >= 0.6 is 0 Å². The maximum atomic E-state index is 14.4. The third-order valence-corrected chi connectivity index (χ3v) is 7.06. The van der Waals surface area contributed by atoms with Crippen LogP contribution < -0.4 is 21.5 Å². The Morgan fingerprint density at radius 1 is 1.11 bits per heavy atom. The zero-order chi connectivity index (χ0) is 33.8. The number of methoxy groups -OCH3 is 1. The average Bonchev–Trinajstić information content (AvgIpc) is 3.37. The standard InChI is InChI=1S/C27H26F4N8O3.C2H4O2/c1-42-20-10-14(2-5-19(20)36-26(41)17-4-3-15(11-18(17)28)27(29,30)31)23-22-24(33)34-13-35-25(22)39(37-23)16-6-8-38(9-7-16)12-21(32)40;1-2(3)4/h2-5,10-11,13,16H,6-9,12H2,1H3,(H2,32,40)(H,36,41)(H2,33,34,35);1H3,(H,3,4). The van der Waals surface area contributed by atoms with Crippen molar-refractivity contribution in [1.82, 2.24) is 24.6 Å². The minimum atomic E-state index is -4.75. The van der Waals surface area contributed by atoms with Crippen LogP contribution in [0.3, 0.4) is 0 Å². The van der Waals surface area contributed by atoms with Gasteiger partial charge in [-0.3, -0.25) is 19.3 Å². The van der Waals surface area contributed by atoms with Crippen LogP contribution in [-0.4, -0.2) is 74.3 Å². The van der Waals surface area contributed by atoms with Gasteiger partial charge in [0.15, 0.2) is 5.65 Å². The number of benzene rings is 2. The Kier molecular flexibility index (Phi) is 10.0. The second kappa shape index (κ2) is 13.8. The van der Waals surface area contributed by atoms with Crippen LogP contribution in [0.1, 0.15) is 41.7 Å². The number of ether oxygens (including phenoxy) is 1. The lowest BCUT2D eigenvalue weighted by molar-refractivity contribution is -0.138. The molecule has 0 aliphatic carbocycles. The molecular weight excluding hydrogens is 616 g/mol. The molecule has 6 N–H and O–H groups in total. The summed E-state index contributed by atoms with van der Waals surface area (Å²) in [5, 5.41) is 15.2. The van der Waals surface area contributed by atoms with Crippen molar-refractivity contribution in [1.29, 1.82) is 0 Å². The van der Waals surface area contributed by atoms with E-state index in [0.717, 1.165) is 13.0 Å². The molecule has 2 aromatic heterocycles. The Bertz CT molecular complexity index is 1770. The molecule has 3 heterocycles. The van der Waals surface area contributed by atoms with E-state index >= 15 is 0 Å². The number of aliphatic carboxylic acids is 1. The number of hydrogen-bond donors (Lipinski definition) is 4. The van der Waals surface area contributed by atoms with Crippen molar-refractivity contribution in [3.63, 3.8) is 0 Å². The number of carboxylic acid groups (broad SMARTS) is 1. The summed E-state index contributed by atoms with van der Waals surface area (Å²) in [6.45, 7) is 2.56. The van der Waals surface area contributed by atoms with E-state index in [1.54, 1.807) is 16.8 Å². The number of nitrogen functional groups attached to an aromatic ring is 1. The quantitative estimate of drug-likeness (QED) is 0.215. The molecule has 0 spiro atoms. The Hall–Kier alpha value is -5.32. The number of piperidine rings is 1. The van der Waals surface area contributed by atoms with E-state index in [0.29, 0.717) is 54.3 Å². The molecule has 5 rings (SSSR count). The number of alkyl halides is 3. The molecule has 0 radical (unpaired) electrons. The second-order valence-corrected chi connectivity index (χ2v) is 10.3. The minimum absolute atomic E-state index is 0.0289. The number of primary amides is 1. The van der Waals surface area contributed by atoms with Crippen molar-refractivity contribution in [2.24, 2.45) is 5.73 Å². The number of likely N-dealkylation sites (tertiary alicyclic amines) is 1. The number of halogens is 4. The lowest BCUT2D eigenvalue weighted by Crippen LogP contribution is -2.40. The third kappa shape index (κ3) is 7.66. The SMILES string of the molecule is CC(=O)O.COc1cc(-c2nn(C3CCN(CC(N)=O)CC3)c3ncnc(N)c23)ccc1NC(=O)c1ccc(C(F)(F)F)cc1F. The molecule has 1 fully saturated rings. The number of amides is 2. The highest BCUT2D eigenvalue weighted by molar-refractivity contribution is 6.06. The predicted octanol–water partition coefficient (Wildman–Crippen LogP) is 3.71. The summed E-state index contributed by atoms with van der Waals surface area (Å²) in [7, 11) is 1.36. The van der Waals surface area contributed by atoms with Gasteiger partial charge in [0.05, 0.1) is 41.9 Å². The van der Waals surface area contributed by atoms with Gasteiger partial charge in [0, 0.05) is 25.6 Å². The Balaban J connectivity index is 0.00000113. The van der Waals surface area contributed by atoms with Gasteiger partial charge in [0.2, 0.25) is 5.91 Å². The number of aromatic nitrogens is 4. The van der Waals surface area contributed by atoms with Gasteiger partial charge < -0.3 is 26.6 Å². The zero-order valence-electron chi connectivity index (χ0n) is 24.6. The molecule has 2 aromatic carbocycles. The largest absolute Gasteiger partial charge is 0.495 e. The predicted molar refractivity (Wildman–Crippen MR) is 158 cm³/mol. The lowest BCUT2D eigenvalue weighted by Gasteiger charge is -2.31. The van der Waals surface area contributed by atoms with E-state index < -0.39 is 35.0 Å². The summed E-state index contributed by atoms with van der Waals surface area (Å²) >= 11 is 0. The number of carboxylic acids is 1. The van der Waals surface area contributed by atoms with Gasteiger partial charge in [0.1, 0.15) is 29.4 Å². The molecule has 0 bridgehead atoms. The first-order valence-corrected chi connectivity index (χ1v) is 13.7. The summed E-state index contributed by atoms with van der Waals surface area (Å²) in [5.41, 5.74) is 11.5. The first kappa shape index (κ1) is 33.6.